The van der Waals surface area contributed by atoms with Crippen LogP contribution in [0.3, 0.4) is 0 Å². The summed E-state index contributed by atoms with van der Waals surface area (Å²) in [5.74, 6) is 0.910. The molecule has 0 bridgehead atoms. The van der Waals surface area contributed by atoms with Gasteiger partial charge in [-0.05, 0) is 74.5 Å². The van der Waals surface area contributed by atoms with Gasteiger partial charge >= 0.3 is 0 Å². The Morgan fingerprint density at radius 3 is 2.38 bits per heavy atom. The standard InChI is InChI=1S/C29H27N3O5S2/c1-3-32(22-10-6-5-7-11-22)39(34,35)24-17-15-21(16-18-24)28(33)31(20-23-12-9-19-37-23)29-30-27-25(36-4-2)13-8-14-26(27)38-29/h5-19H,3-4,20H2,1-2H3. The first-order valence-corrected chi connectivity index (χ1v) is 14.7. The number of anilines is 2. The second kappa shape index (κ2) is 11.3. The molecule has 8 nitrogen and oxygen atoms in total. The Kier molecular flexibility index (Phi) is 7.67. The van der Waals surface area contributed by atoms with Gasteiger partial charge in [-0.2, -0.15) is 0 Å². The van der Waals surface area contributed by atoms with Gasteiger partial charge in [0.2, 0.25) is 0 Å². The highest BCUT2D eigenvalue weighted by Crippen LogP contribution is 2.35. The summed E-state index contributed by atoms with van der Waals surface area (Å²) in [6.07, 6.45) is 1.55. The maximum Gasteiger partial charge on any atom is 0.264 e. The number of hydrogen-bond donors (Lipinski definition) is 0. The zero-order chi connectivity index (χ0) is 27.4. The summed E-state index contributed by atoms with van der Waals surface area (Å²) in [6, 6.07) is 24.1. The lowest BCUT2D eigenvalue weighted by Gasteiger charge is -2.23. The van der Waals surface area contributed by atoms with Crippen molar-refractivity contribution in [2.24, 2.45) is 0 Å². The van der Waals surface area contributed by atoms with Crippen LogP contribution in [0, 0.1) is 0 Å². The van der Waals surface area contributed by atoms with E-state index in [9.17, 15) is 13.2 Å². The van der Waals surface area contributed by atoms with E-state index in [2.05, 4.69) is 0 Å². The number of carbonyl (C=O) groups excluding carboxylic acids is 1. The quantitative estimate of drug-likeness (QED) is 0.197. The number of amides is 1. The number of furan rings is 1. The number of rotatable bonds is 10. The van der Waals surface area contributed by atoms with Gasteiger partial charge in [-0.25, -0.2) is 13.4 Å². The van der Waals surface area contributed by atoms with Crippen molar-refractivity contribution in [1.29, 1.82) is 0 Å². The van der Waals surface area contributed by atoms with Crippen LogP contribution in [-0.2, 0) is 16.6 Å². The van der Waals surface area contributed by atoms with Gasteiger partial charge in [-0.3, -0.25) is 14.0 Å². The van der Waals surface area contributed by atoms with Crippen molar-refractivity contribution in [2.45, 2.75) is 25.3 Å². The molecule has 0 fully saturated rings. The van der Waals surface area contributed by atoms with E-state index in [4.69, 9.17) is 14.1 Å². The number of sulfonamides is 1. The third-order valence-electron chi connectivity index (χ3n) is 6.06. The molecule has 0 spiro atoms. The number of fused-ring (bicyclic) bond motifs is 1. The average Bonchev–Trinajstić information content (AvgIpc) is 3.63. The monoisotopic (exact) mass is 561 g/mol. The van der Waals surface area contributed by atoms with Crippen molar-refractivity contribution in [3.63, 3.8) is 0 Å². The molecule has 3 aromatic carbocycles. The first-order valence-electron chi connectivity index (χ1n) is 12.5. The topological polar surface area (TPSA) is 92.9 Å². The first kappa shape index (κ1) is 26.5. The molecule has 2 heterocycles. The molecule has 0 N–H and O–H groups in total. The number of aromatic nitrogens is 1. The molecule has 0 radical (unpaired) electrons. The van der Waals surface area contributed by atoms with Gasteiger partial charge in [-0.15, -0.1) is 0 Å². The molecule has 0 unspecified atom stereocenters. The lowest BCUT2D eigenvalue weighted by molar-refractivity contribution is 0.0983. The molecule has 0 aliphatic rings. The predicted molar refractivity (Wildman–Crippen MR) is 153 cm³/mol. The van der Waals surface area contributed by atoms with Crippen LogP contribution in [0.15, 0.2) is 101 Å². The van der Waals surface area contributed by atoms with Crippen molar-refractivity contribution in [3.05, 3.63) is 103 Å². The fourth-order valence-electron chi connectivity index (χ4n) is 4.22. The number of carbonyl (C=O) groups is 1. The molecule has 2 aromatic heterocycles. The Morgan fingerprint density at radius 2 is 1.72 bits per heavy atom. The Hall–Kier alpha value is -4.15. The predicted octanol–water partition coefficient (Wildman–Crippen LogP) is 6.35. The van der Waals surface area contributed by atoms with Gasteiger partial charge in [0.05, 0.1) is 34.7 Å². The van der Waals surface area contributed by atoms with E-state index in [0.29, 0.717) is 40.0 Å². The Morgan fingerprint density at radius 1 is 0.949 bits per heavy atom. The van der Waals surface area contributed by atoms with Crippen LogP contribution in [0.2, 0.25) is 0 Å². The average molecular weight is 562 g/mol. The van der Waals surface area contributed by atoms with Crippen LogP contribution < -0.4 is 13.9 Å². The van der Waals surface area contributed by atoms with Crippen LogP contribution in [0.1, 0.15) is 30.0 Å². The summed E-state index contributed by atoms with van der Waals surface area (Å²) in [4.78, 5) is 20.2. The SMILES string of the molecule is CCOc1cccc2sc(N(Cc3ccco3)C(=O)c3ccc(S(=O)(=O)N(CC)c4ccccc4)cc3)nc12. The number of nitrogens with zero attached hydrogens (tertiary/aromatic N) is 3. The summed E-state index contributed by atoms with van der Waals surface area (Å²) in [5, 5.41) is 0.483. The van der Waals surface area contributed by atoms with Gasteiger partial charge in [0, 0.05) is 12.1 Å². The zero-order valence-electron chi connectivity index (χ0n) is 21.5. The van der Waals surface area contributed by atoms with Gasteiger partial charge in [0.1, 0.15) is 17.0 Å². The van der Waals surface area contributed by atoms with E-state index < -0.39 is 10.0 Å². The molecule has 0 saturated heterocycles. The van der Waals surface area contributed by atoms with Crippen molar-refractivity contribution in [2.75, 3.05) is 22.4 Å². The highest BCUT2D eigenvalue weighted by Gasteiger charge is 2.26. The van der Waals surface area contributed by atoms with Gasteiger partial charge in [0.15, 0.2) is 5.13 Å². The smallest absolute Gasteiger partial charge is 0.264 e. The number of hydrogen-bond acceptors (Lipinski definition) is 7. The zero-order valence-corrected chi connectivity index (χ0v) is 23.1. The minimum Gasteiger partial charge on any atom is -0.492 e. The molecule has 0 atom stereocenters. The Balaban J connectivity index is 1.48. The minimum atomic E-state index is -3.82. The molecule has 0 aliphatic carbocycles. The van der Waals surface area contributed by atoms with Gasteiger partial charge < -0.3 is 9.15 Å². The molecule has 5 rings (SSSR count). The van der Waals surface area contributed by atoms with Crippen LogP contribution in [0.25, 0.3) is 10.2 Å². The first-order chi connectivity index (χ1) is 18.9. The molecule has 39 heavy (non-hydrogen) atoms. The molecule has 5 aromatic rings. The second-order valence-electron chi connectivity index (χ2n) is 8.53. The summed E-state index contributed by atoms with van der Waals surface area (Å²) < 4.78 is 40.3. The third kappa shape index (κ3) is 5.39. The highest BCUT2D eigenvalue weighted by atomic mass is 32.2. The normalized spacial score (nSPS) is 11.4. The van der Waals surface area contributed by atoms with Crippen LogP contribution in [-0.4, -0.2) is 32.5 Å². The summed E-state index contributed by atoms with van der Waals surface area (Å²) in [6.45, 7) is 4.61. The van der Waals surface area contributed by atoms with Gasteiger partial charge in [-0.1, -0.05) is 35.6 Å². The van der Waals surface area contributed by atoms with Crippen molar-refractivity contribution < 1.29 is 22.4 Å². The lowest BCUT2D eigenvalue weighted by Crippen LogP contribution is -2.31. The third-order valence-corrected chi connectivity index (χ3v) is 9.02. The minimum absolute atomic E-state index is 0.101. The summed E-state index contributed by atoms with van der Waals surface area (Å²) in [7, 11) is -3.82. The molecule has 1 amide bonds. The van der Waals surface area contributed by atoms with E-state index in [1.807, 2.05) is 31.2 Å². The number of ether oxygens (including phenoxy) is 1. The Bertz CT molecular complexity index is 1670. The lowest BCUT2D eigenvalue weighted by atomic mass is 10.2. The largest absolute Gasteiger partial charge is 0.492 e. The van der Waals surface area contributed by atoms with E-state index in [0.717, 1.165) is 4.70 Å². The molecular weight excluding hydrogens is 534 g/mol. The molecule has 10 heteroatoms. The fraction of sp³-hybridized carbons (Fsp3) is 0.172. The molecule has 0 saturated carbocycles. The van der Waals surface area contributed by atoms with Crippen molar-refractivity contribution in [1.82, 2.24) is 4.98 Å². The van der Waals surface area contributed by atoms with E-state index in [1.165, 1.54) is 44.8 Å². The van der Waals surface area contributed by atoms with Crippen LogP contribution >= 0.6 is 11.3 Å². The number of thiazole rings is 1. The molecule has 200 valence electrons. The summed E-state index contributed by atoms with van der Waals surface area (Å²) in [5.41, 5.74) is 1.58. The number of para-hydroxylation sites is 2. The highest BCUT2D eigenvalue weighted by molar-refractivity contribution is 7.92. The van der Waals surface area contributed by atoms with E-state index in [-0.39, 0.29) is 23.9 Å². The maximum atomic E-state index is 13.8. The van der Waals surface area contributed by atoms with E-state index >= 15 is 0 Å². The number of benzene rings is 3. The summed E-state index contributed by atoms with van der Waals surface area (Å²) >= 11 is 1.37. The second-order valence-corrected chi connectivity index (χ2v) is 11.4. The van der Waals surface area contributed by atoms with E-state index in [1.54, 1.807) is 49.6 Å². The van der Waals surface area contributed by atoms with Gasteiger partial charge in [0.25, 0.3) is 15.9 Å². The molecule has 0 aliphatic heterocycles. The fourth-order valence-corrected chi connectivity index (χ4v) is 6.68. The Labute approximate surface area is 231 Å². The molecular formula is C29H27N3O5S2. The van der Waals surface area contributed by atoms with Crippen LogP contribution in [0.5, 0.6) is 5.75 Å². The van der Waals surface area contributed by atoms with Crippen molar-refractivity contribution >= 4 is 48.3 Å². The van der Waals surface area contributed by atoms with Crippen molar-refractivity contribution in [3.8, 4) is 5.75 Å². The maximum absolute atomic E-state index is 13.8. The van der Waals surface area contributed by atoms with Crippen LogP contribution in [0.4, 0.5) is 10.8 Å².